The van der Waals surface area contributed by atoms with E-state index < -0.39 is 0 Å². The molecule has 0 saturated heterocycles. The maximum atomic E-state index is 3.66. The van der Waals surface area contributed by atoms with E-state index in [4.69, 9.17) is 0 Å². The zero-order valence-electron chi connectivity index (χ0n) is 11.7. The molecule has 1 nitrogen and oxygen atoms in total. The molecule has 0 aliphatic heterocycles. The second-order valence-corrected chi connectivity index (χ2v) is 6.80. The summed E-state index contributed by atoms with van der Waals surface area (Å²) in [4.78, 5) is 1.39. The Morgan fingerprint density at radius 1 is 1.26 bits per heavy atom. The molecule has 2 aromatic rings. The van der Waals surface area contributed by atoms with Crippen LogP contribution in [-0.2, 0) is 0 Å². The first-order chi connectivity index (χ1) is 9.13. The summed E-state index contributed by atoms with van der Waals surface area (Å²) in [6, 6.07) is 9.18. The molecular weight excluding hydrogens is 318 g/mol. The van der Waals surface area contributed by atoms with Crippen molar-refractivity contribution in [1.29, 1.82) is 0 Å². The molecule has 0 amide bonds. The molecule has 0 saturated carbocycles. The number of halogens is 1. The fourth-order valence-electron chi connectivity index (χ4n) is 2.18. The van der Waals surface area contributed by atoms with Gasteiger partial charge in [-0.3, -0.25) is 0 Å². The van der Waals surface area contributed by atoms with E-state index in [-0.39, 0.29) is 0 Å². The van der Waals surface area contributed by atoms with Gasteiger partial charge < -0.3 is 5.32 Å². The molecule has 0 bridgehead atoms. The van der Waals surface area contributed by atoms with Crippen molar-refractivity contribution in [1.82, 2.24) is 5.32 Å². The van der Waals surface area contributed by atoms with E-state index in [1.807, 2.05) is 11.3 Å². The Morgan fingerprint density at radius 3 is 2.63 bits per heavy atom. The second kappa shape index (κ2) is 6.69. The first kappa shape index (κ1) is 14.8. The minimum absolute atomic E-state index is 0.295. The molecule has 102 valence electrons. The van der Waals surface area contributed by atoms with Crippen LogP contribution in [0.1, 0.15) is 41.0 Å². The summed E-state index contributed by atoms with van der Waals surface area (Å²) in [5, 5.41) is 5.84. The molecule has 3 heteroatoms. The Kier molecular flexibility index (Phi) is 5.20. The SMILES string of the molecule is CCCNC(c1ccc(C)c(Br)c1)c1ccsc1C. The fourth-order valence-corrected chi connectivity index (χ4v) is 3.32. The number of benzene rings is 1. The smallest absolute Gasteiger partial charge is 0.0587 e. The number of nitrogens with one attached hydrogen (secondary N) is 1. The lowest BCUT2D eigenvalue weighted by atomic mass is 9.98. The molecule has 1 heterocycles. The summed E-state index contributed by atoms with van der Waals surface area (Å²) in [5.74, 6) is 0. The quantitative estimate of drug-likeness (QED) is 0.788. The number of rotatable bonds is 5. The average molecular weight is 338 g/mol. The van der Waals surface area contributed by atoms with Crippen LogP contribution in [0.5, 0.6) is 0 Å². The Hall–Kier alpha value is -0.640. The maximum absolute atomic E-state index is 3.66. The summed E-state index contributed by atoms with van der Waals surface area (Å²) in [6.45, 7) is 7.56. The minimum Gasteiger partial charge on any atom is -0.306 e. The molecular formula is C16H20BrNS. The van der Waals surface area contributed by atoms with Gasteiger partial charge in [-0.15, -0.1) is 11.3 Å². The van der Waals surface area contributed by atoms with E-state index in [9.17, 15) is 0 Å². The Bertz CT molecular complexity index is 547. The van der Waals surface area contributed by atoms with E-state index in [1.165, 1.54) is 26.0 Å². The Morgan fingerprint density at radius 2 is 2.05 bits per heavy atom. The molecule has 0 aliphatic rings. The summed E-state index contributed by atoms with van der Waals surface area (Å²) in [5.41, 5.74) is 4.00. The van der Waals surface area contributed by atoms with Crippen molar-refractivity contribution >= 4 is 27.3 Å². The average Bonchev–Trinajstić information content (AvgIpc) is 2.80. The monoisotopic (exact) mass is 337 g/mol. The van der Waals surface area contributed by atoms with E-state index in [1.54, 1.807) is 0 Å². The zero-order chi connectivity index (χ0) is 13.8. The van der Waals surface area contributed by atoms with Crippen LogP contribution in [0.25, 0.3) is 0 Å². The molecule has 19 heavy (non-hydrogen) atoms. The van der Waals surface area contributed by atoms with Crippen LogP contribution < -0.4 is 5.32 Å². The van der Waals surface area contributed by atoms with Gasteiger partial charge in [-0.05, 0) is 61.0 Å². The molecule has 1 unspecified atom stereocenters. The summed E-state index contributed by atoms with van der Waals surface area (Å²) in [6.07, 6.45) is 1.15. The van der Waals surface area contributed by atoms with Gasteiger partial charge in [0.2, 0.25) is 0 Å². The van der Waals surface area contributed by atoms with Gasteiger partial charge >= 0.3 is 0 Å². The third-order valence-electron chi connectivity index (χ3n) is 3.34. The highest BCUT2D eigenvalue weighted by Crippen LogP contribution is 2.30. The van der Waals surface area contributed by atoms with Crippen molar-refractivity contribution in [2.45, 2.75) is 33.2 Å². The highest BCUT2D eigenvalue weighted by atomic mass is 79.9. The van der Waals surface area contributed by atoms with Crippen LogP contribution >= 0.6 is 27.3 Å². The van der Waals surface area contributed by atoms with Gasteiger partial charge in [0.1, 0.15) is 0 Å². The topological polar surface area (TPSA) is 12.0 Å². The predicted molar refractivity (Wildman–Crippen MR) is 88.1 cm³/mol. The highest BCUT2D eigenvalue weighted by Gasteiger charge is 2.16. The standard InChI is InChI=1S/C16H20BrNS/c1-4-8-18-16(14-7-9-19-12(14)3)13-6-5-11(2)15(17)10-13/h5-7,9-10,16,18H,4,8H2,1-3H3. The van der Waals surface area contributed by atoms with Crippen LogP contribution in [0.3, 0.4) is 0 Å². The minimum atomic E-state index is 0.295. The lowest BCUT2D eigenvalue weighted by Gasteiger charge is -2.20. The van der Waals surface area contributed by atoms with E-state index in [0.717, 1.165) is 13.0 Å². The molecule has 1 aromatic carbocycles. The van der Waals surface area contributed by atoms with E-state index in [2.05, 4.69) is 71.7 Å². The first-order valence-corrected chi connectivity index (χ1v) is 8.34. The van der Waals surface area contributed by atoms with E-state index in [0.29, 0.717) is 6.04 Å². The van der Waals surface area contributed by atoms with Crippen molar-refractivity contribution < 1.29 is 0 Å². The van der Waals surface area contributed by atoms with Gasteiger partial charge in [-0.2, -0.15) is 0 Å². The lowest BCUT2D eigenvalue weighted by Crippen LogP contribution is -2.23. The molecule has 0 spiro atoms. The Balaban J connectivity index is 2.37. The normalized spacial score (nSPS) is 12.6. The molecule has 0 fully saturated rings. The number of aryl methyl sites for hydroxylation is 2. The summed E-state index contributed by atoms with van der Waals surface area (Å²) < 4.78 is 1.18. The van der Waals surface area contributed by atoms with Gasteiger partial charge in [-0.25, -0.2) is 0 Å². The largest absolute Gasteiger partial charge is 0.306 e. The van der Waals surface area contributed by atoms with Crippen LogP contribution in [0.15, 0.2) is 34.1 Å². The molecule has 1 atom stereocenters. The van der Waals surface area contributed by atoms with Gasteiger partial charge in [0, 0.05) is 9.35 Å². The number of hydrogen-bond donors (Lipinski definition) is 1. The number of thiophene rings is 1. The van der Waals surface area contributed by atoms with Crippen molar-refractivity contribution in [3.05, 3.63) is 55.7 Å². The van der Waals surface area contributed by atoms with Crippen LogP contribution in [0.4, 0.5) is 0 Å². The summed E-state index contributed by atoms with van der Waals surface area (Å²) in [7, 11) is 0. The molecule has 2 rings (SSSR count). The molecule has 0 radical (unpaired) electrons. The first-order valence-electron chi connectivity index (χ1n) is 6.67. The fraction of sp³-hybridized carbons (Fsp3) is 0.375. The van der Waals surface area contributed by atoms with Crippen molar-refractivity contribution in [3.63, 3.8) is 0 Å². The van der Waals surface area contributed by atoms with E-state index >= 15 is 0 Å². The van der Waals surface area contributed by atoms with Crippen LogP contribution in [0, 0.1) is 13.8 Å². The molecule has 0 aliphatic carbocycles. The second-order valence-electron chi connectivity index (χ2n) is 4.83. The Labute approximate surface area is 128 Å². The maximum Gasteiger partial charge on any atom is 0.0587 e. The van der Waals surface area contributed by atoms with Crippen molar-refractivity contribution in [2.75, 3.05) is 6.54 Å². The van der Waals surface area contributed by atoms with Crippen LogP contribution in [0.2, 0.25) is 0 Å². The molecule has 1 aromatic heterocycles. The predicted octanol–water partition coefficient (Wildman–Crippen LogP) is 5.22. The van der Waals surface area contributed by atoms with Gasteiger partial charge in [0.25, 0.3) is 0 Å². The number of hydrogen-bond acceptors (Lipinski definition) is 2. The third-order valence-corrected chi connectivity index (χ3v) is 5.05. The van der Waals surface area contributed by atoms with Crippen molar-refractivity contribution in [3.8, 4) is 0 Å². The van der Waals surface area contributed by atoms with Gasteiger partial charge in [0.05, 0.1) is 6.04 Å². The zero-order valence-corrected chi connectivity index (χ0v) is 14.1. The van der Waals surface area contributed by atoms with Crippen molar-refractivity contribution in [2.24, 2.45) is 0 Å². The van der Waals surface area contributed by atoms with Gasteiger partial charge in [-0.1, -0.05) is 35.0 Å². The summed E-state index contributed by atoms with van der Waals surface area (Å²) >= 11 is 5.46. The van der Waals surface area contributed by atoms with Gasteiger partial charge in [0.15, 0.2) is 0 Å². The third kappa shape index (κ3) is 3.47. The van der Waals surface area contributed by atoms with Crippen LogP contribution in [-0.4, -0.2) is 6.54 Å². The molecule has 1 N–H and O–H groups in total. The highest BCUT2D eigenvalue weighted by molar-refractivity contribution is 9.10. The lowest BCUT2D eigenvalue weighted by molar-refractivity contribution is 0.598.